The number of rotatable bonds is 3. The Morgan fingerprint density at radius 1 is 1.21 bits per heavy atom. The predicted octanol–water partition coefficient (Wildman–Crippen LogP) is 4.30. The van der Waals surface area contributed by atoms with Crippen molar-refractivity contribution in [2.24, 2.45) is 0 Å². The molecular weight excluding hydrogens is 272 g/mol. The molecule has 0 radical (unpaired) electrons. The van der Waals surface area contributed by atoms with E-state index in [0.717, 1.165) is 18.2 Å². The molecule has 2 nitrogen and oxygen atoms in total. The highest BCUT2D eigenvalue weighted by Crippen LogP contribution is 2.31. The van der Waals surface area contributed by atoms with Gasteiger partial charge >= 0.3 is 0 Å². The monoisotopic (exact) mass is 281 g/mol. The lowest BCUT2D eigenvalue weighted by Gasteiger charge is -2.08. The minimum atomic E-state index is -0.532. The van der Waals surface area contributed by atoms with Gasteiger partial charge in [0.1, 0.15) is 16.8 Å². The first kappa shape index (κ1) is 13.5. The van der Waals surface area contributed by atoms with Crippen molar-refractivity contribution >= 4 is 17.7 Å². The summed E-state index contributed by atoms with van der Waals surface area (Å²) in [6.45, 7) is 0. The molecule has 19 heavy (non-hydrogen) atoms. The highest BCUT2D eigenvalue weighted by atomic mass is 35.5. The number of halogens is 3. The maximum atomic E-state index is 13.8. The molecular formula is C14H10ClF2NO. The maximum Gasteiger partial charge on any atom is 0.136 e. The van der Waals surface area contributed by atoms with Crippen molar-refractivity contribution < 1.29 is 13.5 Å². The van der Waals surface area contributed by atoms with E-state index in [1.54, 1.807) is 12.1 Å². The number of ether oxygens (including phenoxy) is 1. The second-order valence-corrected chi connectivity index (χ2v) is 4.08. The Labute approximate surface area is 114 Å². The lowest BCUT2D eigenvalue weighted by Crippen LogP contribution is -1.92. The third kappa shape index (κ3) is 2.90. The van der Waals surface area contributed by atoms with E-state index in [0.29, 0.717) is 11.1 Å². The molecule has 0 saturated carbocycles. The van der Waals surface area contributed by atoms with Gasteiger partial charge in [-0.1, -0.05) is 11.6 Å². The van der Waals surface area contributed by atoms with Crippen LogP contribution in [-0.2, 0) is 4.74 Å². The minimum Gasteiger partial charge on any atom is -0.504 e. The third-order valence-electron chi connectivity index (χ3n) is 2.53. The first-order valence-corrected chi connectivity index (χ1v) is 5.80. The first-order chi connectivity index (χ1) is 9.13. The second kappa shape index (κ2) is 5.80. The predicted molar refractivity (Wildman–Crippen MR) is 70.6 cm³/mol. The van der Waals surface area contributed by atoms with Crippen LogP contribution in [0, 0.1) is 11.6 Å². The number of aromatic nitrogens is 1. The van der Waals surface area contributed by atoms with E-state index in [4.69, 9.17) is 16.3 Å². The lowest BCUT2D eigenvalue weighted by molar-refractivity contribution is 0.341. The fourth-order valence-corrected chi connectivity index (χ4v) is 1.90. The summed E-state index contributed by atoms with van der Waals surface area (Å²) < 4.78 is 31.9. The van der Waals surface area contributed by atoms with E-state index in [2.05, 4.69) is 4.98 Å². The topological polar surface area (TPSA) is 22.1 Å². The Morgan fingerprint density at radius 3 is 2.74 bits per heavy atom. The molecule has 0 amide bonds. The summed E-state index contributed by atoms with van der Waals surface area (Å²) in [5.74, 6) is -1.05. The molecule has 0 N–H and O–H groups in total. The van der Waals surface area contributed by atoms with Crippen molar-refractivity contribution in [3.63, 3.8) is 0 Å². The zero-order valence-electron chi connectivity index (χ0n) is 10.0. The van der Waals surface area contributed by atoms with Crippen LogP contribution in [-0.4, -0.2) is 12.1 Å². The van der Waals surface area contributed by atoms with Crippen molar-refractivity contribution in [1.82, 2.24) is 4.98 Å². The van der Waals surface area contributed by atoms with Crippen LogP contribution in [0.3, 0.4) is 0 Å². The minimum absolute atomic E-state index is 0.125. The van der Waals surface area contributed by atoms with Crippen LogP contribution in [0.5, 0.6) is 0 Å². The summed E-state index contributed by atoms with van der Waals surface area (Å²) in [5.41, 5.74) is 1.04. The largest absolute Gasteiger partial charge is 0.504 e. The quantitative estimate of drug-likeness (QED) is 0.618. The van der Waals surface area contributed by atoms with Crippen molar-refractivity contribution in [3.05, 3.63) is 59.1 Å². The molecule has 0 saturated heterocycles. The van der Waals surface area contributed by atoms with Crippen molar-refractivity contribution in [2.75, 3.05) is 7.11 Å². The Bertz CT molecular complexity index is 629. The number of hydrogen-bond acceptors (Lipinski definition) is 2. The molecule has 2 rings (SSSR count). The Morgan fingerprint density at radius 2 is 2.00 bits per heavy atom. The fraction of sp³-hybridized carbons (Fsp3) is 0.0714. The second-order valence-electron chi connectivity index (χ2n) is 3.73. The Kier molecular flexibility index (Phi) is 4.12. The fourth-order valence-electron chi connectivity index (χ4n) is 1.68. The zero-order chi connectivity index (χ0) is 13.8. The highest BCUT2D eigenvalue weighted by molar-refractivity contribution is 6.31. The van der Waals surface area contributed by atoms with Crippen LogP contribution in [0.4, 0.5) is 8.78 Å². The first-order valence-electron chi connectivity index (χ1n) is 5.42. The molecule has 1 aromatic heterocycles. The summed E-state index contributed by atoms with van der Waals surface area (Å²) in [6, 6.07) is 4.82. The van der Waals surface area contributed by atoms with E-state index in [1.165, 1.54) is 19.6 Å². The number of nitrogens with zero attached hydrogens (tertiary/aromatic N) is 1. The molecule has 0 fully saturated rings. The summed E-state index contributed by atoms with van der Waals surface area (Å²) in [4.78, 5) is 3.91. The molecule has 1 aromatic carbocycles. The molecule has 98 valence electrons. The van der Waals surface area contributed by atoms with Gasteiger partial charge in [-0.05, 0) is 35.9 Å². The number of methoxy groups -OCH3 is 1. The summed E-state index contributed by atoms with van der Waals surface area (Å²) in [6.07, 6.45) is 4.38. The SMILES string of the molecule is CO/C=C/c1c(-c2cc(F)ccc2F)ccnc1Cl. The smallest absolute Gasteiger partial charge is 0.136 e. The van der Waals surface area contributed by atoms with E-state index in [-0.39, 0.29) is 10.7 Å². The average Bonchev–Trinajstić information content (AvgIpc) is 2.40. The van der Waals surface area contributed by atoms with E-state index in [9.17, 15) is 8.78 Å². The van der Waals surface area contributed by atoms with E-state index >= 15 is 0 Å². The van der Waals surface area contributed by atoms with Crippen LogP contribution in [0.15, 0.2) is 36.7 Å². The van der Waals surface area contributed by atoms with Crippen LogP contribution in [0.25, 0.3) is 17.2 Å². The number of benzene rings is 1. The molecule has 5 heteroatoms. The van der Waals surface area contributed by atoms with Crippen LogP contribution in [0.1, 0.15) is 5.56 Å². The summed E-state index contributed by atoms with van der Waals surface area (Å²) >= 11 is 5.97. The van der Waals surface area contributed by atoms with Gasteiger partial charge in [-0.25, -0.2) is 13.8 Å². The molecule has 0 aliphatic carbocycles. The van der Waals surface area contributed by atoms with Gasteiger partial charge in [0.05, 0.1) is 13.4 Å². The van der Waals surface area contributed by atoms with Crippen molar-refractivity contribution in [3.8, 4) is 11.1 Å². The third-order valence-corrected chi connectivity index (χ3v) is 2.83. The highest BCUT2D eigenvalue weighted by Gasteiger charge is 2.12. The Balaban J connectivity index is 2.64. The van der Waals surface area contributed by atoms with E-state index < -0.39 is 11.6 Å². The molecule has 2 aromatic rings. The zero-order valence-corrected chi connectivity index (χ0v) is 10.8. The van der Waals surface area contributed by atoms with Gasteiger partial charge in [0.2, 0.25) is 0 Å². The van der Waals surface area contributed by atoms with Gasteiger partial charge in [-0.2, -0.15) is 0 Å². The van der Waals surface area contributed by atoms with Crippen molar-refractivity contribution in [1.29, 1.82) is 0 Å². The van der Waals surface area contributed by atoms with Crippen LogP contribution < -0.4 is 0 Å². The standard InChI is InChI=1S/C14H10ClF2NO/c1-19-7-5-11-10(4-6-18-14(11)15)12-8-9(16)2-3-13(12)17/h2-8H,1H3/b7-5+. The molecule has 1 heterocycles. The van der Waals surface area contributed by atoms with Crippen LogP contribution in [0.2, 0.25) is 5.15 Å². The lowest BCUT2D eigenvalue weighted by atomic mass is 10.0. The number of hydrogen-bond donors (Lipinski definition) is 0. The summed E-state index contributed by atoms with van der Waals surface area (Å²) in [5, 5.41) is 0.189. The number of pyridine rings is 1. The van der Waals surface area contributed by atoms with E-state index in [1.807, 2.05) is 0 Å². The van der Waals surface area contributed by atoms with Crippen molar-refractivity contribution in [2.45, 2.75) is 0 Å². The molecule has 0 unspecified atom stereocenters. The normalized spacial score (nSPS) is 10.9. The van der Waals surface area contributed by atoms with Gasteiger partial charge in [0.15, 0.2) is 0 Å². The van der Waals surface area contributed by atoms with Crippen LogP contribution >= 0.6 is 11.6 Å². The molecule has 0 atom stereocenters. The average molecular weight is 282 g/mol. The van der Waals surface area contributed by atoms with Gasteiger partial charge < -0.3 is 4.74 Å². The van der Waals surface area contributed by atoms with Gasteiger partial charge in [0.25, 0.3) is 0 Å². The maximum absolute atomic E-state index is 13.8. The molecule has 0 aliphatic heterocycles. The molecule has 0 spiro atoms. The molecule has 0 aliphatic rings. The molecule has 0 bridgehead atoms. The van der Waals surface area contributed by atoms with Gasteiger partial charge in [-0.3, -0.25) is 0 Å². The van der Waals surface area contributed by atoms with Gasteiger partial charge in [-0.15, -0.1) is 0 Å². The Hall–Kier alpha value is -1.94. The summed E-state index contributed by atoms with van der Waals surface area (Å²) in [7, 11) is 1.48. The van der Waals surface area contributed by atoms with Gasteiger partial charge in [0, 0.05) is 17.3 Å².